The van der Waals surface area contributed by atoms with Crippen molar-refractivity contribution in [3.63, 3.8) is 0 Å². The number of alkyl halides is 2. The number of thiazole rings is 1. The molecule has 0 aliphatic rings. The second kappa shape index (κ2) is 8.31. The van der Waals surface area contributed by atoms with E-state index in [0.717, 1.165) is 20.7 Å². The van der Waals surface area contributed by atoms with Gasteiger partial charge in [0.25, 0.3) is 0 Å². The van der Waals surface area contributed by atoms with Gasteiger partial charge >= 0.3 is 12.5 Å². The zero-order valence-electron chi connectivity index (χ0n) is 16.4. The van der Waals surface area contributed by atoms with E-state index in [1.54, 1.807) is 29.6 Å². The molecule has 0 aliphatic heterocycles. The average Bonchev–Trinajstić information content (AvgIpc) is 3.32. The fourth-order valence-electron chi connectivity index (χ4n) is 3.29. The van der Waals surface area contributed by atoms with Crippen LogP contribution in [0.5, 0.6) is 0 Å². The number of hydrogen-bond donors (Lipinski definition) is 0. The molecule has 0 N–H and O–H groups in total. The number of rotatable bonds is 6. The maximum Gasteiger partial charge on any atom is 0.320 e. The maximum atomic E-state index is 13.6. The maximum absolute atomic E-state index is 13.6. The Hall–Kier alpha value is -3.13. The summed E-state index contributed by atoms with van der Waals surface area (Å²) in [6, 6.07) is 14.5. The zero-order chi connectivity index (χ0) is 21.3. The van der Waals surface area contributed by atoms with Crippen LogP contribution in [-0.4, -0.2) is 20.5 Å². The first-order valence-electron chi connectivity index (χ1n) is 9.38. The summed E-state index contributed by atoms with van der Waals surface area (Å²) < 4.78 is 33.4. The molecule has 0 saturated carbocycles. The van der Waals surface area contributed by atoms with E-state index in [1.165, 1.54) is 18.3 Å². The number of aryl methyl sites for hydroxylation is 1. The molecule has 0 fully saturated rings. The molecule has 2 aromatic carbocycles. The number of carbonyl (C=O) groups excluding carboxylic acids is 1. The van der Waals surface area contributed by atoms with E-state index in [4.69, 9.17) is 4.74 Å². The highest BCUT2D eigenvalue weighted by Crippen LogP contribution is 2.29. The molecule has 5 nitrogen and oxygen atoms in total. The number of halogens is 2. The van der Waals surface area contributed by atoms with Gasteiger partial charge in [-0.25, -0.2) is 9.97 Å². The molecular formula is C22H19F2N3O2S. The normalized spacial score (nSPS) is 12.4. The lowest BCUT2D eigenvalue weighted by atomic mass is 10.1. The van der Waals surface area contributed by atoms with Crippen molar-refractivity contribution in [1.29, 1.82) is 0 Å². The number of para-hydroxylation sites is 2. The van der Waals surface area contributed by atoms with Crippen LogP contribution >= 0.6 is 11.3 Å². The van der Waals surface area contributed by atoms with Gasteiger partial charge in [-0.3, -0.25) is 9.36 Å². The van der Waals surface area contributed by atoms with Crippen LogP contribution in [0.2, 0.25) is 0 Å². The molecule has 0 spiro atoms. The Bertz CT molecular complexity index is 1200. The first kappa shape index (κ1) is 20.2. The number of carbonyl (C=O) groups is 1. The Morgan fingerprint density at radius 1 is 1.17 bits per heavy atom. The fraction of sp³-hybridized carbons (Fsp3) is 0.227. The molecule has 2 aromatic heterocycles. The van der Waals surface area contributed by atoms with Gasteiger partial charge in [0.15, 0.2) is 11.9 Å². The van der Waals surface area contributed by atoms with Crippen molar-refractivity contribution in [2.24, 2.45) is 0 Å². The summed E-state index contributed by atoms with van der Waals surface area (Å²) in [5.74, 6) is -0.533. The number of ether oxygens (including phenoxy) is 1. The number of hydrogen-bond acceptors (Lipinski definition) is 5. The highest BCUT2D eigenvalue weighted by atomic mass is 32.1. The summed E-state index contributed by atoms with van der Waals surface area (Å²) >= 11 is 1.44. The summed E-state index contributed by atoms with van der Waals surface area (Å²) in [6.45, 7) is 0.754. The number of aromatic nitrogens is 3. The Labute approximate surface area is 176 Å². The number of fused-ring (bicyclic) bond motifs is 1. The fourth-order valence-corrected chi connectivity index (χ4v) is 4.11. The molecule has 4 aromatic rings. The summed E-state index contributed by atoms with van der Waals surface area (Å²) in [7, 11) is 0. The third kappa shape index (κ3) is 4.09. The molecule has 0 aliphatic carbocycles. The van der Waals surface area contributed by atoms with Gasteiger partial charge in [-0.1, -0.05) is 35.9 Å². The smallest absolute Gasteiger partial charge is 0.320 e. The summed E-state index contributed by atoms with van der Waals surface area (Å²) in [5.41, 5.74) is 3.42. The van der Waals surface area contributed by atoms with E-state index >= 15 is 0 Å². The average molecular weight is 427 g/mol. The predicted octanol–water partition coefficient (Wildman–Crippen LogP) is 5.71. The molecule has 1 unspecified atom stereocenters. The van der Waals surface area contributed by atoms with Gasteiger partial charge in [0, 0.05) is 10.9 Å². The van der Waals surface area contributed by atoms with Crippen LogP contribution in [0.15, 0.2) is 53.9 Å². The summed E-state index contributed by atoms with van der Waals surface area (Å²) in [4.78, 5) is 21.1. The standard InChI is InChI=1S/C22H19F2N3O2S/c1-13-6-5-7-15(10-13)21-25-16(12-30-21)11-19(28)29-14(2)20-26-17-8-3-4-9-18(17)27(20)22(23)24/h3-10,12,14,22H,11H2,1-2H3. The zero-order valence-corrected chi connectivity index (χ0v) is 17.2. The van der Waals surface area contributed by atoms with Gasteiger partial charge in [0.05, 0.1) is 23.1 Å². The number of nitrogens with zero attached hydrogens (tertiary/aromatic N) is 3. The minimum absolute atomic E-state index is 0.0123. The Morgan fingerprint density at radius 2 is 1.97 bits per heavy atom. The van der Waals surface area contributed by atoms with Crippen LogP contribution in [0.3, 0.4) is 0 Å². The van der Waals surface area contributed by atoms with Crippen molar-refractivity contribution in [2.75, 3.05) is 0 Å². The molecule has 2 heterocycles. The summed E-state index contributed by atoms with van der Waals surface area (Å²) in [6.07, 6.45) is -0.963. The topological polar surface area (TPSA) is 57.0 Å². The molecule has 0 radical (unpaired) electrons. The van der Waals surface area contributed by atoms with Crippen LogP contribution < -0.4 is 0 Å². The van der Waals surface area contributed by atoms with E-state index < -0.39 is 18.6 Å². The van der Waals surface area contributed by atoms with Crippen molar-refractivity contribution in [3.05, 3.63) is 71.0 Å². The molecule has 8 heteroatoms. The molecule has 30 heavy (non-hydrogen) atoms. The van der Waals surface area contributed by atoms with Crippen molar-refractivity contribution in [1.82, 2.24) is 14.5 Å². The third-order valence-corrected chi connectivity index (χ3v) is 5.57. The third-order valence-electron chi connectivity index (χ3n) is 4.63. The molecule has 0 saturated heterocycles. The van der Waals surface area contributed by atoms with Crippen LogP contribution in [0.25, 0.3) is 21.6 Å². The Kier molecular flexibility index (Phi) is 5.59. The number of imidazole rings is 1. The van der Waals surface area contributed by atoms with Gasteiger partial charge in [0.1, 0.15) is 5.01 Å². The minimum Gasteiger partial charge on any atom is -0.454 e. The number of benzene rings is 2. The van der Waals surface area contributed by atoms with Crippen LogP contribution in [0, 0.1) is 6.92 Å². The van der Waals surface area contributed by atoms with Gasteiger partial charge in [-0.15, -0.1) is 11.3 Å². The molecule has 4 rings (SSSR count). The van der Waals surface area contributed by atoms with E-state index in [2.05, 4.69) is 9.97 Å². The molecule has 154 valence electrons. The second-order valence-corrected chi connectivity index (χ2v) is 7.79. The van der Waals surface area contributed by atoms with E-state index in [0.29, 0.717) is 16.7 Å². The van der Waals surface area contributed by atoms with Gasteiger partial charge in [0.2, 0.25) is 0 Å². The second-order valence-electron chi connectivity index (χ2n) is 6.93. The van der Waals surface area contributed by atoms with Crippen molar-refractivity contribution in [2.45, 2.75) is 32.9 Å². The van der Waals surface area contributed by atoms with Crippen molar-refractivity contribution in [3.8, 4) is 10.6 Å². The summed E-state index contributed by atoms with van der Waals surface area (Å²) in [5, 5.41) is 2.62. The van der Waals surface area contributed by atoms with Gasteiger partial charge in [-0.05, 0) is 32.0 Å². The van der Waals surface area contributed by atoms with Crippen LogP contribution in [0.1, 0.15) is 36.7 Å². The molecule has 1 atom stereocenters. The van der Waals surface area contributed by atoms with Crippen molar-refractivity contribution >= 4 is 28.3 Å². The van der Waals surface area contributed by atoms with E-state index in [-0.39, 0.29) is 12.2 Å². The first-order valence-corrected chi connectivity index (χ1v) is 10.3. The van der Waals surface area contributed by atoms with E-state index in [9.17, 15) is 13.6 Å². The SMILES string of the molecule is Cc1cccc(-c2nc(CC(=O)OC(C)c3nc4ccccc4n3C(F)F)cs2)c1. The highest BCUT2D eigenvalue weighted by Gasteiger charge is 2.24. The number of esters is 1. The minimum atomic E-state index is -2.79. The lowest BCUT2D eigenvalue weighted by Crippen LogP contribution is -2.16. The van der Waals surface area contributed by atoms with E-state index in [1.807, 2.05) is 31.2 Å². The van der Waals surface area contributed by atoms with Crippen LogP contribution in [0.4, 0.5) is 8.78 Å². The lowest BCUT2D eigenvalue weighted by molar-refractivity contribution is -0.148. The van der Waals surface area contributed by atoms with Gasteiger partial charge in [-0.2, -0.15) is 8.78 Å². The molecule has 0 amide bonds. The monoisotopic (exact) mass is 427 g/mol. The van der Waals surface area contributed by atoms with Crippen LogP contribution in [-0.2, 0) is 16.0 Å². The molecule has 0 bridgehead atoms. The Morgan fingerprint density at radius 3 is 2.73 bits per heavy atom. The van der Waals surface area contributed by atoms with Gasteiger partial charge < -0.3 is 4.74 Å². The predicted molar refractivity (Wildman–Crippen MR) is 111 cm³/mol. The van der Waals surface area contributed by atoms with Crippen molar-refractivity contribution < 1.29 is 18.3 Å². The Balaban J connectivity index is 1.49. The molecular weight excluding hydrogens is 408 g/mol. The largest absolute Gasteiger partial charge is 0.454 e. The lowest BCUT2D eigenvalue weighted by Gasteiger charge is -2.14. The highest BCUT2D eigenvalue weighted by molar-refractivity contribution is 7.13. The first-order chi connectivity index (χ1) is 14.4. The quantitative estimate of drug-likeness (QED) is 0.370.